The van der Waals surface area contributed by atoms with Crippen LogP contribution in [-0.2, 0) is 4.79 Å². The molecule has 0 aliphatic rings. The quantitative estimate of drug-likeness (QED) is 0.734. The van der Waals surface area contributed by atoms with Gasteiger partial charge in [0.1, 0.15) is 18.3 Å². The minimum absolute atomic E-state index is 0.322. The number of aryl methyl sites for hydroxylation is 1. The van der Waals surface area contributed by atoms with Crippen LogP contribution < -0.4 is 0 Å². The molecule has 0 fully saturated rings. The number of carbonyl (C=O) groups is 1. The molecule has 0 aliphatic heterocycles. The highest BCUT2D eigenvalue weighted by Crippen LogP contribution is 2.08. The number of hydrogen-bond acceptors (Lipinski definition) is 3. The van der Waals surface area contributed by atoms with Crippen molar-refractivity contribution < 1.29 is 15.0 Å². The van der Waals surface area contributed by atoms with Gasteiger partial charge in [-0.1, -0.05) is 30.3 Å². The van der Waals surface area contributed by atoms with Gasteiger partial charge < -0.3 is 15.0 Å². The predicted molar refractivity (Wildman–Crippen MR) is 68.1 cm³/mol. The van der Waals surface area contributed by atoms with Crippen molar-refractivity contribution >= 4 is 6.79 Å². The fourth-order valence-corrected chi connectivity index (χ4v) is 1.06. The molecule has 3 heteroatoms. The molecule has 0 unspecified atom stereocenters. The maximum absolute atomic E-state index is 8.81. The molecule has 0 saturated carbocycles. The van der Waals surface area contributed by atoms with Crippen LogP contribution >= 0.6 is 0 Å². The molecular weight excluding hydrogens is 216 g/mol. The third-order valence-electron chi connectivity index (χ3n) is 1.76. The molecule has 2 aromatic rings. The van der Waals surface area contributed by atoms with Gasteiger partial charge >= 0.3 is 0 Å². The van der Waals surface area contributed by atoms with E-state index < -0.39 is 0 Å². The van der Waals surface area contributed by atoms with Gasteiger partial charge in [0.15, 0.2) is 0 Å². The number of aromatic hydroxyl groups is 2. The van der Waals surface area contributed by atoms with E-state index in [-0.39, 0.29) is 0 Å². The normalized spacial score (nSPS) is 8.06. The molecule has 0 radical (unpaired) electrons. The highest BCUT2D eigenvalue weighted by molar-refractivity contribution is 5.25. The molecule has 2 aromatic carbocycles. The van der Waals surface area contributed by atoms with E-state index in [9.17, 15) is 0 Å². The topological polar surface area (TPSA) is 57.5 Å². The summed E-state index contributed by atoms with van der Waals surface area (Å²) in [4.78, 5) is 8.00. The van der Waals surface area contributed by atoms with Crippen LogP contribution in [-0.4, -0.2) is 17.0 Å². The number of carbonyl (C=O) groups excluding carboxylic acids is 1. The number of benzene rings is 2. The maximum atomic E-state index is 8.81. The first-order chi connectivity index (χ1) is 8.18. The number of para-hydroxylation sites is 1. The van der Waals surface area contributed by atoms with Crippen LogP contribution in [0.4, 0.5) is 0 Å². The molecule has 0 heterocycles. The van der Waals surface area contributed by atoms with Gasteiger partial charge in [0.05, 0.1) is 0 Å². The Kier molecular flexibility index (Phi) is 7.76. The van der Waals surface area contributed by atoms with Crippen LogP contribution in [0.5, 0.6) is 11.5 Å². The molecule has 2 N–H and O–H groups in total. The van der Waals surface area contributed by atoms with Crippen molar-refractivity contribution in [2.75, 3.05) is 0 Å². The zero-order valence-electron chi connectivity index (χ0n) is 9.71. The lowest BCUT2D eigenvalue weighted by molar-refractivity contribution is -0.0979. The lowest BCUT2D eigenvalue weighted by atomic mass is 10.2. The Balaban J connectivity index is 0.000000265. The highest BCUT2D eigenvalue weighted by Gasteiger charge is 1.83. The summed E-state index contributed by atoms with van der Waals surface area (Å²) in [5.74, 6) is 0.660. The summed E-state index contributed by atoms with van der Waals surface area (Å²) >= 11 is 0. The molecule has 2 rings (SSSR count). The molecule has 0 amide bonds. The number of rotatable bonds is 0. The van der Waals surface area contributed by atoms with Gasteiger partial charge in [0.2, 0.25) is 0 Å². The zero-order chi connectivity index (χ0) is 13.1. The van der Waals surface area contributed by atoms with Crippen molar-refractivity contribution in [3.63, 3.8) is 0 Å². The minimum Gasteiger partial charge on any atom is -0.508 e. The van der Waals surface area contributed by atoms with E-state index in [4.69, 9.17) is 15.0 Å². The van der Waals surface area contributed by atoms with Crippen molar-refractivity contribution in [3.05, 3.63) is 60.2 Å². The van der Waals surface area contributed by atoms with Crippen LogP contribution in [0.15, 0.2) is 54.6 Å². The fraction of sp³-hybridized carbons (Fsp3) is 0.0714. The van der Waals surface area contributed by atoms with Gasteiger partial charge in [-0.25, -0.2) is 0 Å². The molecule has 0 spiro atoms. The molecule has 0 saturated heterocycles. The summed E-state index contributed by atoms with van der Waals surface area (Å²) in [6.07, 6.45) is 0. The van der Waals surface area contributed by atoms with E-state index in [1.54, 1.807) is 36.4 Å². The summed E-state index contributed by atoms with van der Waals surface area (Å²) in [6.45, 7) is 3.94. The first-order valence-corrected chi connectivity index (χ1v) is 4.97. The summed E-state index contributed by atoms with van der Waals surface area (Å²) < 4.78 is 0. The van der Waals surface area contributed by atoms with Crippen molar-refractivity contribution in [3.8, 4) is 11.5 Å². The van der Waals surface area contributed by atoms with Crippen LogP contribution in [0.3, 0.4) is 0 Å². The monoisotopic (exact) mass is 232 g/mol. The first-order valence-electron chi connectivity index (χ1n) is 4.97. The van der Waals surface area contributed by atoms with Crippen LogP contribution in [0.1, 0.15) is 5.56 Å². The van der Waals surface area contributed by atoms with Gasteiger partial charge in [-0.2, -0.15) is 0 Å². The number of phenols is 2. The third-order valence-corrected chi connectivity index (χ3v) is 1.76. The van der Waals surface area contributed by atoms with E-state index in [0.29, 0.717) is 11.5 Å². The largest absolute Gasteiger partial charge is 0.508 e. The molecule has 90 valence electrons. The molecule has 3 nitrogen and oxygen atoms in total. The Morgan fingerprint density at radius 1 is 0.824 bits per heavy atom. The van der Waals surface area contributed by atoms with Gasteiger partial charge in [-0.05, 0) is 36.8 Å². The fourth-order valence-electron chi connectivity index (χ4n) is 1.06. The van der Waals surface area contributed by atoms with E-state index in [2.05, 4.69) is 0 Å². The zero-order valence-corrected chi connectivity index (χ0v) is 9.71. The molecule has 0 bridgehead atoms. The van der Waals surface area contributed by atoms with Crippen LogP contribution in [0, 0.1) is 6.92 Å². The van der Waals surface area contributed by atoms with E-state index in [0.717, 1.165) is 5.56 Å². The Hall–Kier alpha value is -2.29. The molecule has 0 atom stereocenters. The van der Waals surface area contributed by atoms with Gasteiger partial charge in [-0.3, -0.25) is 0 Å². The Morgan fingerprint density at radius 3 is 1.65 bits per heavy atom. The van der Waals surface area contributed by atoms with E-state index in [1.807, 2.05) is 31.9 Å². The molecule has 0 aliphatic carbocycles. The van der Waals surface area contributed by atoms with E-state index in [1.165, 1.54) is 0 Å². The SMILES string of the molecule is C=O.Cc1cccc(O)c1.Oc1ccccc1. The Bertz CT molecular complexity index is 396. The van der Waals surface area contributed by atoms with Gasteiger partial charge in [0.25, 0.3) is 0 Å². The average Bonchev–Trinajstić information content (AvgIpc) is 2.33. The molecule has 17 heavy (non-hydrogen) atoms. The highest BCUT2D eigenvalue weighted by atomic mass is 16.3. The van der Waals surface area contributed by atoms with Crippen molar-refractivity contribution in [2.24, 2.45) is 0 Å². The predicted octanol–water partition coefficient (Wildman–Crippen LogP) is 2.91. The van der Waals surface area contributed by atoms with Crippen LogP contribution in [0.2, 0.25) is 0 Å². The molecular formula is C14H16O3. The van der Waals surface area contributed by atoms with Gasteiger partial charge in [-0.15, -0.1) is 0 Å². The summed E-state index contributed by atoms with van der Waals surface area (Å²) in [5, 5.41) is 17.4. The third kappa shape index (κ3) is 7.62. The maximum Gasteiger partial charge on any atom is 0.115 e. The summed E-state index contributed by atoms with van der Waals surface area (Å²) in [7, 11) is 0. The van der Waals surface area contributed by atoms with Gasteiger partial charge in [0, 0.05) is 0 Å². The first kappa shape index (κ1) is 14.7. The van der Waals surface area contributed by atoms with Crippen LogP contribution in [0.25, 0.3) is 0 Å². The lowest BCUT2D eigenvalue weighted by Gasteiger charge is -1.89. The summed E-state index contributed by atoms with van der Waals surface area (Å²) in [6, 6.07) is 15.9. The van der Waals surface area contributed by atoms with E-state index >= 15 is 0 Å². The Labute approximate surface area is 101 Å². The standard InChI is InChI=1S/C7H8O.C6H6O.CH2O/c1-6-3-2-4-7(8)5-6;7-6-4-2-1-3-5-6;1-2/h2-5,8H,1H3;1-5,7H;1H2. The number of hydrogen-bond donors (Lipinski definition) is 2. The second kappa shape index (κ2) is 8.97. The van der Waals surface area contributed by atoms with Crippen molar-refractivity contribution in [1.82, 2.24) is 0 Å². The lowest BCUT2D eigenvalue weighted by Crippen LogP contribution is -1.66. The van der Waals surface area contributed by atoms with Crippen molar-refractivity contribution in [1.29, 1.82) is 0 Å². The smallest absolute Gasteiger partial charge is 0.115 e. The Morgan fingerprint density at radius 2 is 1.35 bits per heavy atom. The second-order valence-electron chi connectivity index (χ2n) is 3.17. The summed E-state index contributed by atoms with van der Waals surface area (Å²) in [5.41, 5.74) is 1.09. The van der Waals surface area contributed by atoms with Crippen molar-refractivity contribution in [2.45, 2.75) is 6.92 Å². The number of phenolic OH excluding ortho intramolecular Hbond substituents is 2. The average molecular weight is 232 g/mol. The second-order valence-corrected chi connectivity index (χ2v) is 3.17. The molecule has 0 aromatic heterocycles. The minimum atomic E-state index is 0.322.